The number of aryl methyl sites for hydroxylation is 1. The normalized spacial score (nSPS) is 14.5. The molecule has 1 fully saturated rings. The molecule has 0 unspecified atom stereocenters. The van der Waals surface area contributed by atoms with Crippen LogP contribution in [0.25, 0.3) is 0 Å². The smallest absolute Gasteiger partial charge is 0.228 e. The molecule has 0 radical (unpaired) electrons. The average Bonchev–Trinajstić information content (AvgIpc) is 3.43. The van der Waals surface area contributed by atoms with Gasteiger partial charge in [0.1, 0.15) is 0 Å². The van der Waals surface area contributed by atoms with Crippen LogP contribution in [0.4, 0.5) is 5.69 Å². The minimum absolute atomic E-state index is 0.00723. The van der Waals surface area contributed by atoms with Gasteiger partial charge in [-0.25, -0.2) is 4.98 Å². The highest BCUT2D eigenvalue weighted by molar-refractivity contribution is 7.09. The van der Waals surface area contributed by atoms with E-state index in [-0.39, 0.29) is 17.7 Å². The Morgan fingerprint density at radius 2 is 1.97 bits per heavy atom. The van der Waals surface area contributed by atoms with Gasteiger partial charge >= 0.3 is 0 Å². The Kier molecular flexibility index (Phi) is 6.76. The first kappa shape index (κ1) is 21.2. The maximum atomic E-state index is 12.7. The minimum atomic E-state index is -0.0780. The molecule has 0 aliphatic carbocycles. The third kappa shape index (κ3) is 5.58. The molecule has 3 aromatic rings. The first-order valence-electron chi connectivity index (χ1n) is 10.7. The number of rotatable bonds is 7. The van der Waals surface area contributed by atoms with E-state index in [2.05, 4.69) is 27.5 Å². The third-order valence-corrected chi connectivity index (χ3v) is 6.47. The van der Waals surface area contributed by atoms with Crippen LogP contribution in [0.5, 0.6) is 0 Å². The minimum Gasteiger partial charge on any atom is -0.342 e. The molecule has 1 N–H and O–H groups in total. The molecule has 1 aliphatic rings. The van der Waals surface area contributed by atoms with E-state index in [1.165, 1.54) is 5.56 Å². The van der Waals surface area contributed by atoms with Gasteiger partial charge in [-0.1, -0.05) is 30.3 Å². The van der Waals surface area contributed by atoms with E-state index >= 15 is 0 Å². The summed E-state index contributed by atoms with van der Waals surface area (Å²) in [4.78, 5) is 31.7. The summed E-state index contributed by atoms with van der Waals surface area (Å²) in [5.41, 5.74) is 2.77. The first-order chi connectivity index (χ1) is 15.1. The van der Waals surface area contributed by atoms with Crippen molar-refractivity contribution in [2.24, 2.45) is 5.92 Å². The number of nitrogens with one attached hydrogen (secondary N) is 1. The lowest BCUT2D eigenvalue weighted by atomic mass is 9.95. The Hall–Kier alpha value is -3.00. The van der Waals surface area contributed by atoms with Crippen molar-refractivity contribution in [2.45, 2.75) is 39.2 Å². The predicted molar refractivity (Wildman–Crippen MR) is 121 cm³/mol. The van der Waals surface area contributed by atoms with Crippen LogP contribution in [0.3, 0.4) is 0 Å². The van der Waals surface area contributed by atoms with Crippen molar-refractivity contribution < 1.29 is 9.59 Å². The van der Waals surface area contributed by atoms with Crippen LogP contribution in [0.15, 0.2) is 48.1 Å². The molecule has 1 aliphatic heterocycles. The Morgan fingerprint density at radius 1 is 1.19 bits per heavy atom. The molecule has 4 rings (SSSR count). The van der Waals surface area contributed by atoms with Crippen molar-refractivity contribution in [3.63, 3.8) is 0 Å². The summed E-state index contributed by atoms with van der Waals surface area (Å²) in [5.74, 6) is 0.0122. The van der Waals surface area contributed by atoms with Crippen molar-refractivity contribution in [3.8, 4) is 0 Å². The number of piperidine rings is 1. The number of carbonyl (C=O) groups is 2. The number of nitrogens with zero attached hydrogens (tertiary/aromatic N) is 4. The lowest BCUT2D eigenvalue weighted by Crippen LogP contribution is -2.42. The second-order valence-corrected chi connectivity index (χ2v) is 8.74. The largest absolute Gasteiger partial charge is 0.342 e. The van der Waals surface area contributed by atoms with Crippen LogP contribution in [-0.2, 0) is 29.0 Å². The van der Waals surface area contributed by atoms with E-state index in [0.717, 1.165) is 29.4 Å². The zero-order valence-corrected chi connectivity index (χ0v) is 18.5. The molecular formula is C23H27N5O2S. The summed E-state index contributed by atoms with van der Waals surface area (Å²) >= 11 is 1.60. The fourth-order valence-corrected chi connectivity index (χ4v) is 4.61. The molecule has 0 atom stereocenters. The number of carbonyl (C=O) groups excluding carboxylic acids is 2. The molecule has 1 aromatic carbocycles. The monoisotopic (exact) mass is 437 g/mol. The van der Waals surface area contributed by atoms with Gasteiger partial charge in [0.25, 0.3) is 0 Å². The molecule has 0 bridgehead atoms. The zero-order valence-electron chi connectivity index (χ0n) is 17.7. The van der Waals surface area contributed by atoms with Crippen LogP contribution in [-0.4, -0.2) is 44.6 Å². The molecule has 2 amide bonds. The summed E-state index contributed by atoms with van der Waals surface area (Å²) < 4.78 is 1.78. The van der Waals surface area contributed by atoms with Gasteiger partial charge in [0.05, 0.1) is 29.0 Å². The summed E-state index contributed by atoms with van der Waals surface area (Å²) in [6, 6.07) is 10.2. The number of likely N-dealkylation sites (tertiary alicyclic amines) is 1. The zero-order chi connectivity index (χ0) is 21.6. The Morgan fingerprint density at radius 3 is 2.68 bits per heavy atom. The van der Waals surface area contributed by atoms with Crippen LogP contribution in [0.1, 0.15) is 36.0 Å². The maximum Gasteiger partial charge on any atom is 0.228 e. The van der Waals surface area contributed by atoms with Gasteiger partial charge in [-0.3, -0.25) is 14.3 Å². The SMILES string of the molecule is CCn1cc(NC(=O)C2CCN(C(=O)Cc3csc(Cc4ccccc4)n3)CC2)cn1. The lowest BCUT2D eigenvalue weighted by molar-refractivity contribution is -0.133. The Bertz CT molecular complexity index is 1020. The standard InChI is InChI=1S/C23H27N5O2S/c1-2-28-15-20(14-24-28)26-23(30)18-8-10-27(11-9-18)22(29)13-19-16-31-21(25-19)12-17-6-4-3-5-7-17/h3-7,14-16,18H,2,8-13H2,1H3,(H,26,30). The highest BCUT2D eigenvalue weighted by Crippen LogP contribution is 2.21. The van der Waals surface area contributed by atoms with Crippen LogP contribution in [0, 0.1) is 5.92 Å². The van der Waals surface area contributed by atoms with Crippen LogP contribution < -0.4 is 5.32 Å². The second-order valence-electron chi connectivity index (χ2n) is 7.80. The number of hydrogen-bond acceptors (Lipinski definition) is 5. The number of hydrogen-bond donors (Lipinski definition) is 1. The second kappa shape index (κ2) is 9.87. The van der Waals surface area contributed by atoms with E-state index in [0.29, 0.717) is 32.4 Å². The van der Waals surface area contributed by atoms with E-state index in [4.69, 9.17) is 0 Å². The summed E-state index contributed by atoms with van der Waals surface area (Å²) in [6.07, 6.45) is 5.96. The van der Waals surface area contributed by atoms with Crippen molar-refractivity contribution in [2.75, 3.05) is 18.4 Å². The van der Waals surface area contributed by atoms with Crippen molar-refractivity contribution in [3.05, 3.63) is 64.4 Å². The topological polar surface area (TPSA) is 80.1 Å². The highest BCUT2D eigenvalue weighted by atomic mass is 32.1. The van der Waals surface area contributed by atoms with E-state index in [9.17, 15) is 9.59 Å². The summed E-state index contributed by atoms with van der Waals surface area (Å²) in [7, 11) is 0. The van der Waals surface area contributed by atoms with Crippen LogP contribution >= 0.6 is 11.3 Å². The number of thiazole rings is 1. The van der Waals surface area contributed by atoms with Gasteiger partial charge in [0.2, 0.25) is 11.8 Å². The molecule has 0 saturated carbocycles. The van der Waals surface area contributed by atoms with E-state index in [1.807, 2.05) is 41.6 Å². The van der Waals surface area contributed by atoms with Crippen molar-refractivity contribution in [1.82, 2.24) is 19.7 Å². The van der Waals surface area contributed by atoms with Crippen molar-refractivity contribution >= 4 is 28.8 Å². The molecule has 1 saturated heterocycles. The number of amides is 2. The lowest BCUT2D eigenvalue weighted by Gasteiger charge is -2.31. The summed E-state index contributed by atoms with van der Waals surface area (Å²) in [5, 5.41) is 10.1. The van der Waals surface area contributed by atoms with E-state index in [1.54, 1.807) is 22.2 Å². The fourth-order valence-electron chi connectivity index (χ4n) is 3.78. The summed E-state index contributed by atoms with van der Waals surface area (Å²) in [6.45, 7) is 3.97. The Labute approximate surface area is 186 Å². The molecule has 162 valence electrons. The van der Waals surface area contributed by atoms with Crippen molar-refractivity contribution in [1.29, 1.82) is 0 Å². The highest BCUT2D eigenvalue weighted by Gasteiger charge is 2.27. The molecule has 7 nitrogen and oxygen atoms in total. The van der Waals surface area contributed by atoms with Gasteiger partial charge in [-0.15, -0.1) is 11.3 Å². The van der Waals surface area contributed by atoms with Gasteiger partial charge in [-0.2, -0.15) is 5.10 Å². The number of benzene rings is 1. The molecule has 8 heteroatoms. The van der Waals surface area contributed by atoms with Gasteiger partial charge in [-0.05, 0) is 25.3 Å². The van der Waals surface area contributed by atoms with Gasteiger partial charge in [0.15, 0.2) is 0 Å². The quantitative estimate of drug-likeness (QED) is 0.615. The molecule has 31 heavy (non-hydrogen) atoms. The molecular weight excluding hydrogens is 410 g/mol. The average molecular weight is 438 g/mol. The van der Waals surface area contributed by atoms with Crippen LogP contribution in [0.2, 0.25) is 0 Å². The molecule has 0 spiro atoms. The predicted octanol–water partition coefficient (Wildman–Crippen LogP) is 3.37. The third-order valence-electron chi connectivity index (χ3n) is 5.57. The van der Waals surface area contributed by atoms with Gasteiger partial charge < -0.3 is 10.2 Å². The Balaban J connectivity index is 1.24. The molecule has 2 aromatic heterocycles. The fraction of sp³-hybridized carbons (Fsp3) is 0.391. The first-order valence-corrected chi connectivity index (χ1v) is 11.6. The van der Waals surface area contributed by atoms with E-state index < -0.39 is 0 Å². The van der Waals surface area contributed by atoms with Gasteiger partial charge in [0, 0.05) is 43.5 Å². The number of anilines is 1. The maximum absolute atomic E-state index is 12.7. The number of aromatic nitrogens is 3. The molecule has 3 heterocycles.